The lowest BCUT2D eigenvalue weighted by atomic mass is 9.90. The number of nitrogens with two attached hydrogens (primary N) is 1. The minimum Gasteiger partial charge on any atom is -0.508 e. The quantitative estimate of drug-likeness (QED) is 0.0539. The van der Waals surface area contributed by atoms with E-state index in [0.717, 1.165) is 36.4 Å². The molecule has 5 rings (SSSR count). The topological polar surface area (TPSA) is 241 Å². The highest BCUT2D eigenvalue weighted by atomic mass is 19.1. The fourth-order valence-electron chi connectivity index (χ4n) is 5.10. The number of benzene rings is 3. The predicted molar refractivity (Wildman–Crippen MR) is 165 cm³/mol. The summed E-state index contributed by atoms with van der Waals surface area (Å²) < 4.78 is 44.5. The zero-order chi connectivity index (χ0) is 35.1. The molecule has 3 aromatic carbocycles. The molecule has 0 aliphatic carbocycles. The number of carbonyl (C=O) groups is 1. The maximum atomic E-state index is 14.2. The van der Waals surface area contributed by atoms with E-state index in [-0.39, 0.29) is 41.3 Å². The highest BCUT2D eigenvalue weighted by molar-refractivity contribution is 5.89. The van der Waals surface area contributed by atoms with Crippen LogP contribution in [-0.2, 0) is 31.9 Å². The van der Waals surface area contributed by atoms with Gasteiger partial charge in [0.15, 0.2) is 41.0 Å². The molecule has 4 aromatic rings. The van der Waals surface area contributed by atoms with Crippen LogP contribution in [-0.4, -0.2) is 97.3 Å². The Morgan fingerprint density at radius 1 is 0.898 bits per heavy atom. The lowest BCUT2D eigenvalue weighted by molar-refractivity contribution is -0.112. The lowest BCUT2D eigenvalue weighted by Crippen LogP contribution is -2.40. The van der Waals surface area contributed by atoms with Gasteiger partial charge in [-0.05, 0) is 30.3 Å². The Kier molecular flexibility index (Phi) is 11.2. The summed E-state index contributed by atoms with van der Waals surface area (Å²) in [5.74, 6) is -6.04. The van der Waals surface area contributed by atoms with E-state index in [1.54, 1.807) is 6.20 Å². The maximum absolute atomic E-state index is 14.2. The van der Waals surface area contributed by atoms with E-state index in [9.17, 15) is 39.8 Å². The average Bonchev–Trinajstić information content (AvgIpc) is 3.52. The molecule has 17 heteroatoms. The van der Waals surface area contributed by atoms with Crippen LogP contribution in [0, 0.1) is 5.82 Å². The summed E-state index contributed by atoms with van der Waals surface area (Å²) in [7, 11) is 0. The molecule has 0 bridgehead atoms. The first-order valence-corrected chi connectivity index (χ1v) is 15.1. The Balaban J connectivity index is 1.39. The van der Waals surface area contributed by atoms with Crippen molar-refractivity contribution < 1.29 is 63.5 Å². The Morgan fingerprint density at radius 2 is 1.63 bits per heavy atom. The number of phenols is 6. The van der Waals surface area contributed by atoms with Gasteiger partial charge in [-0.3, -0.25) is 0 Å². The van der Waals surface area contributed by atoms with Crippen LogP contribution in [0.3, 0.4) is 0 Å². The van der Waals surface area contributed by atoms with E-state index >= 15 is 0 Å². The molecule has 2 heterocycles. The van der Waals surface area contributed by atoms with Crippen LogP contribution >= 0.6 is 0 Å². The summed E-state index contributed by atoms with van der Waals surface area (Å²) in [6, 6.07) is 7.17. The number of rotatable bonds is 15. The van der Waals surface area contributed by atoms with Gasteiger partial charge in [-0.15, -0.1) is 5.10 Å². The van der Waals surface area contributed by atoms with Gasteiger partial charge in [0.2, 0.25) is 0 Å². The second-order valence-corrected chi connectivity index (χ2v) is 10.9. The monoisotopic (exact) mass is 686 g/mol. The zero-order valence-corrected chi connectivity index (χ0v) is 25.9. The fourth-order valence-corrected chi connectivity index (χ4v) is 5.10. The number of halogens is 1. The van der Waals surface area contributed by atoms with Gasteiger partial charge >= 0.3 is 5.97 Å². The molecular formula is C32H35FN4O12. The molecule has 3 atom stereocenters. The standard InChI is InChI=1S/C32H35FN4O12/c33-21-11-17(1-2-22(21)39)32(44)49-31-29(18-12-24(41)28(43)25(42)13-18)48-26-15-20(38)14-23(40)27(26)30(31)47-8-5-37-16-19(35-36-37)3-6-45-9-10-46-7-4-34/h1-2,11-16,29-31,38-43H,3-10,34H2. The number of fused-ring (bicyclic) bond motifs is 1. The third-order valence-electron chi connectivity index (χ3n) is 7.43. The second-order valence-electron chi connectivity index (χ2n) is 10.9. The molecule has 0 fully saturated rings. The van der Waals surface area contributed by atoms with Gasteiger partial charge in [0.05, 0.1) is 56.4 Å². The summed E-state index contributed by atoms with van der Waals surface area (Å²) in [6.45, 7) is 2.13. The minimum absolute atomic E-state index is 0.00125. The van der Waals surface area contributed by atoms with Crippen molar-refractivity contribution in [3.05, 3.63) is 76.9 Å². The first-order valence-electron chi connectivity index (χ1n) is 15.1. The molecule has 49 heavy (non-hydrogen) atoms. The van der Waals surface area contributed by atoms with Gasteiger partial charge < -0.3 is 60.1 Å². The summed E-state index contributed by atoms with van der Waals surface area (Å²) in [5, 5.41) is 69.4. The number of hydrogen-bond donors (Lipinski definition) is 7. The molecule has 1 aromatic heterocycles. The number of nitrogens with zero attached hydrogens (tertiary/aromatic N) is 3. The van der Waals surface area contributed by atoms with Crippen molar-refractivity contribution in [2.75, 3.05) is 39.6 Å². The first-order chi connectivity index (χ1) is 23.5. The number of aromatic nitrogens is 3. The van der Waals surface area contributed by atoms with Crippen LogP contribution < -0.4 is 10.5 Å². The molecule has 0 saturated heterocycles. The van der Waals surface area contributed by atoms with E-state index in [1.165, 1.54) is 10.7 Å². The molecule has 262 valence electrons. The van der Waals surface area contributed by atoms with Crippen molar-refractivity contribution in [2.24, 2.45) is 5.73 Å². The minimum atomic E-state index is -1.49. The molecule has 0 amide bonds. The number of ether oxygens (including phenoxy) is 5. The van der Waals surface area contributed by atoms with Crippen LogP contribution in [0.4, 0.5) is 4.39 Å². The molecule has 0 saturated carbocycles. The van der Waals surface area contributed by atoms with Crippen LogP contribution in [0.2, 0.25) is 0 Å². The zero-order valence-electron chi connectivity index (χ0n) is 25.9. The maximum Gasteiger partial charge on any atom is 0.338 e. The van der Waals surface area contributed by atoms with Gasteiger partial charge in [-0.25, -0.2) is 13.9 Å². The van der Waals surface area contributed by atoms with Crippen molar-refractivity contribution in [1.82, 2.24) is 15.0 Å². The Labute approximate surface area is 278 Å². The third kappa shape index (κ3) is 8.39. The summed E-state index contributed by atoms with van der Waals surface area (Å²) in [5.41, 5.74) is 5.73. The summed E-state index contributed by atoms with van der Waals surface area (Å²) in [6.07, 6.45) is -2.04. The SMILES string of the molecule is NCCOCCOCCc1cn(CCOC2c3c(O)cc(O)cc3OC(c3cc(O)c(O)c(O)c3)C2OC(=O)c2ccc(O)c(F)c2)nn1. The van der Waals surface area contributed by atoms with E-state index in [4.69, 9.17) is 29.4 Å². The van der Waals surface area contributed by atoms with Crippen molar-refractivity contribution >= 4 is 5.97 Å². The first kappa shape index (κ1) is 35.0. The Bertz CT molecular complexity index is 1750. The fraction of sp³-hybridized carbons (Fsp3) is 0.344. The van der Waals surface area contributed by atoms with E-state index in [0.29, 0.717) is 45.1 Å². The molecule has 0 radical (unpaired) electrons. The summed E-state index contributed by atoms with van der Waals surface area (Å²) in [4.78, 5) is 13.3. The second kappa shape index (κ2) is 15.7. The van der Waals surface area contributed by atoms with Gasteiger partial charge in [0.25, 0.3) is 0 Å². The molecule has 8 N–H and O–H groups in total. The van der Waals surface area contributed by atoms with Crippen LogP contribution in [0.15, 0.2) is 48.7 Å². The number of carbonyl (C=O) groups excluding carboxylic acids is 1. The van der Waals surface area contributed by atoms with Gasteiger partial charge in [0.1, 0.15) is 23.4 Å². The predicted octanol–water partition coefficient (Wildman–Crippen LogP) is 2.30. The highest BCUT2D eigenvalue weighted by Gasteiger charge is 2.45. The van der Waals surface area contributed by atoms with Crippen LogP contribution in [0.1, 0.15) is 39.4 Å². The number of aromatic hydroxyl groups is 6. The Morgan fingerprint density at radius 3 is 2.35 bits per heavy atom. The van der Waals surface area contributed by atoms with Crippen LogP contribution in [0.5, 0.6) is 40.2 Å². The van der Waals surface area contributed by atoms with Gasteiger partial charge in [0, 0.05) is 36.9 Å². The normalized spacial score (nSPS) is 17.0. The van der Waals surface area contributed by atoms with Crippen LogP contribution in [0.25, 0.3) is 0 Å². The molecule has 16 nitrogen and oxygen atoms in total. The average molecular weight is 687 g/mol. The van der Waals surface area contributed by atoms with Crippen molar-refractivity contribution in [1.29, 1.82) is 0 Å². The van der Waals surface area contributed by atoms with Crippen molar-refractivity contribution in [3.63, 3.8) is 0 Å². The molecule has 3 unspecified atom stereocenters. The Hall–Kier alpha value is -5.36. The highest BCUT2D eigenvalue weighted by Crippen LogP contribution is 2.51. The molecule has 1 aliphatic heterocycles. The lowest BCUT2D eigenvalue weighted by Gasteiger charge is -2.39. The van der Waals surface area contributed by atoms with Gasteiger partial charge in [-0.1, -0.05) is 5.21 Å². The van der Waals surface area contributed by atoms with E-state index in [2.05, 4.69) is 10.3 Å². The third-order valence-corrected chi connectivity index (χ3v) is 7.43. The number of phenolic OH excluding ortho intramolecular Hbond substituents is 6. The number of hydrogen-bond acceptors (Lipinski definition) is 15. The van der Waals surface area contributed by atoms with E-state index in [1.807, 2.05) is 0 Å². The molecule has 0 spiro atoms. The smallest absolute Gasteiger partial charge is 0.338 e. The molecule has 1 aliphatic rings. The summed E-state index contributed by atoms with van der Waals surface area (Å²) >= 11 is 0. The largest absolute Gasteiger partial charge is 0.508 e. The van der Waals surface area contributed by atoms with Crippen molar-refractivity contribution in [3.8, 4) is 40.2 Å². The number of esters is 1. The van der Waals surface area contributed by atoms with Crippen molar-refractivity contribution in [2.45, 2.75) is 31.3 Å². The molecular weight excluding hydrogens is 651 g/mol. The van der Waals surface area contributed by atoms with E-state index < -0.39 is 58.8 Å². The van der Waals surface area contributed by atoms with Gasteiger partial charge in [-0.2, -0.15) is 0 Å².